The zero-order valence-electron chi connectivity index (χ0n) is 14.0. The molecule has 2 N–H and O–H groups in total. The number of nitrogens with one attached hydrogen (secondary N) is 1. The lowest BCUT2D eigenvalue weighted by Crippen LogP contribution is -2.47. The third-order valence-corrected chi connectivity index (χ3v) is 4.05. The summed E-state index contributed by atoms with van der Waals surface area (Å²) in [5.41, 5.74) is 0. The molecule has 1 saturated heterocycles. The quantitative estimate of drug-likeness (QED) is 0.829. The molecule has 1 aliphatic heterocycles. The van der Waals surface area contributed by atoms with Crippen LogP contribution in [0.3, 0.4) is 0 Å². The number of nitrogens with zero attached hydrogens (tertiary/aromatic N) is 1. The van der Waals surface area contributed by atoms with Crippen molar-refractivity contribution in [3.05, 3.63) is 24.3 Å². The summed E-state index contributed by atoms with van der Waals surface area (Å²) in [7, 11) is 1.59. The first-order chi connectivity index (χ1) is 11.5. The number of amides is 2. The van der Waals surface area contributed by atoms with Gasteiger partial charge >= 0.3 is 12.0 Å². The molecule has 2 rings (SSSR count). The van der Waals surface area contributed by atoms with E-state index in [1.807, 2.05) is 25.1 Å². The van der Waals surface area contributed by atoms with E-state index in [4.69, 9.17) is 14.6 Å². The van der Waals surface area contributed by atoms with Crippen LogP contribution < -0.4 is 14.8 Å². The van der Waals surface area contributed by atoms with Crippen LogP contribution in [0, 0.1) is 5.92 Å². The van der Waals surface area contributed by atoms with Gasteiger partial charge in [-0.1, -0.05) is 6.07 Å². The Labute approximate surface area is 141 Å². The maximum absolute atomic E-state index is 12.1. The number of aliphatic carboxylic acids is 1. The minimum absolute atomic E-state index is 0.181. The maximum Gasteiger partial charge on any atom is 0.317 e. The summed E-state index contributed by atoms with van der Waals surface area (Å²) in [6, 6.07) is 7.11. The van der Waals surface area contributed by atoms with Gasteiger partial charge in [-0.3, -0.25) is 4.79 Å². The number of rotatable bonds is 6. The van der Waals surface area contributed by atoms with Gasteiger partial charge in [0, 0.05) is 19.2 Å². The van der Waals surface area contributed by atoms with Crippen molar-refractivity contribution in [2.75, 3.05) is 26.7 Å². The summed E-state index contributed by atoms with van der Waals surface area (Å²) in [5.74, 6) is 0.267. The number of benzene rings is 1. The van der Waals surface area contributed by atoms with Gasteiger partial charge in [0.15, 0.2) is 0 Å². The molecule has 1 aliphatic rings. The highest BCUT2D eigenvalue weighted by Gasteiger charge is 2.26. The van der Waals surface area contributed by atoms with Crippen molar-refractivity contribution in [3.63, 3.8) is 0 Å². The van der Waals surface area contributed by atoms with Crippen molar-refractivity contribution < 1.29 is 24.2 Å². The van der Waals surface area contributed by atoms with E-state index in [2.05, 4.69) is 5.32 Å². The molecule has 1 atom stereocenters. The Hall–Kier alpha value is -2.44. The maximum atomic E-state index is 12.1. The second-order valence-electron chi connectivity index (χ2n) is 5.89. The summed E-state index contributed by atoms with van der Waals surface area (Å²) in [6.45, 7) is 3.17. The molecule has 1 aromatic rings. The highest BCUT2D eigenvalue weighted by atomic mass is 16.5. The zero-order valence-corrected chi connectivity index (χ0v) is 14.0. The molecule has 7 nitrogen and oxygen atoms in total. The molecule has 1 fully saturated rings. The zero-order chi connectivity index (χ0) is 17.5. The van der Waals surface area contributed by atoms with Crippen molar-refractivity contribution in [2.24, 2.45) is 5.92 Å². The van der Waals surface area contributed by atoms with Gasteiger partial charge in [-0.2, -0.15) is 0 Å². The first kappa shape index (κ1) is 17.9. The Morgan fingerprint density at radius 1 is 1.33 bits per heavy atom. The molecule has 1 unspecified atom stereocenters. The summed E-state index contributed by atoms with van der Waals surface area (Å²) >= 11 is 0. The van der Waals surface area contributed by atoms with E-state index in [-0.39, 0.29) is 18.1 Å². The van der Waals surface area contributed by atoms with Gasteiger partial charge < -0.3 is 24.8 Å². The Morgan fingerprint density at radius 3 is 2.62 bits per heavy atom. The number of carbonyl (C=O) groups is 2. The number of piperidine rings is 1. The van der Waals surface area contributed by atoms with Gasteiger partial charge in [-0.25, -0.2) is 4.79 Å². The molecule has 1 aromatic carbocycles. The Morgan fingerprint density at radius 2 is 2.00 bits per heavy atom. The number of hydrogen-bond acceptors (Lipinski definition) is 4. The Bertz CT molecular complexity index is 570. The van der Waals surface area contributed by atoms with Crippen molar-refractivity contribution in [1.82, 2.24) is 10.2 Å². The number of carboxylic acids is 1. The molecule has 0 radical (unpaired) electrons. The van der Waals surface area contributed by atoms with Crippen molar-refractivity contribution >= 4 is 12.0 Å². The SMILES string of the molecule is COc1cccc(OC(C)CNC(=O)N2CCC(C(=O)O)CC2)c1. The smallest absolute Gasteiger partial charge is 0.317 e. The largest absolute Gasteiger partial charge is 0.497 e. The summed E-state index contributed by atoms with van der Waals surface area (Å²) in [5, 5.41) is 11.8. The molecule has 0 bridgehead atoms. The van der Waals surface area contributed by atoms with Crippen LogP contribution in [0.4, 0.5) is 4.79 Å². The van der Waals surface area contributed by atoms with Crippen LogP contribution in [0.5, 0.6) is 11.5 Å². The minimum Gasteiger partial charge on any atom is -0.497 e. The van der Waals surface area contributed by atoms with Crippen LogP contribution in [0.2, 0.25) is 0 Å². The first-order valence-electron chi connectivity index (χ1n) is 8.06. The van der Waals surface area contributed by atoms with Gasteiger partial charge in [0.2, 0.25) is 0 Å². The van der Waals surface area contributed by atoms with E-state index in [0.29, 0.717) is 44.0 Å². The van der Waals surface area contributed by atoms with Gasteiger partial charge in [0.05, 0.1) is 19.6 Å². The monoisotopic (exact) mass is 336 g/mol. The molecule has 132 valence electrons. The van der Waals surface area contributed by atoms with E-state index in [1.165, 1.54) is 0 Å². The van der Waals surface area contributed by atoms with Crippen molar-refractivity contribution in [1.29, 1.82) is 0 Å². The third-order valence-electron chi connectivity index (χ3n) is 4.05. The van der Waals surface area contributed by atoms with Crippen LogP contribution in [0.25, 0.3) is 0 Å². The van der Waals surface area contributed by atoms with Gasteiger partial charge in [0.25, 0.3) is 0 Å². The molecule has 0 aromatic heterocycles. The van der Waals surface area contributed by atoms with Crippen LogP contribution in [-0.4, -0.2) is 54.9 Å². The average Bonchev–Trinajstić information content (AvgIpc) is 2.60. The predicted molar refractivity (Wildman–Crippen MR) is 88.4 cm³/mol. The van der Waals surface area contributed by atoms with E-state index in [0.717, 1.165) is 0 Å². The molecular weight excluding hydrogens is 312 g/mol. The van der Waals surface area contributed by atoms with Crippen LogP contribution in [0.15, 0.2) is 24.3 Å². The fourth-order valence-corrected chi connectivity index (χ4v) is 2.62. The fourth-order valence-electron chi connectivity index (χ4n) is 2.62. The molecule has 7 heteroatoms. The predicted octanol–water partition coefficient (Wildman–Crippen LogP) is 1.97. The lowest BCUT2D eigenvalue weighted by Gasteiger charge is -2.30. The fraction of sp³-hybridized carbons (Fsp3) is 0.529. The standard InChI is InChI=1S/C17H24N2O5/c1-12(24-15-5-3-4-14(10-15)23-2)11-18-17(22)19-8-6-13(7-9-19)16(20)21/h3-5,10,12-13H,6-9,11H2,1-2H3,(H,18,22)(H,20,21). The van der Waals surface area contributed by atoms with E-state index < -0.39 is 5.97 Å². The number of likely N-dealkylation sites (tertiary alicyclic amines) is 1. The average molecular weight is 336 g/mol. The number of carbonyl (C=O) groups excluding carboxylic acids is 1. The van der Waals surface area contributed by atoms with Crippen molar-refractivity contribution in [3.8, 4) is 11.5 Å². The van der Waals surface area contributed by atoms with E-state index >= 15 is 0 Å². The molecule has 2 amide bonds. The van der Waals surface area contributed by atoms with Gasteiger partial charge in [-0.05, 0) is 31.9 Å². The number of ether oxygens (including phenoxy) is 2. The topological polar surface area (TPSA) is 88.1 Å². The lowest BCUT2D eigenvalue weighted by atomic mass is 9.97. The molecule has 0 saturated carbocycles. The molecule has 0 aliphatic carbocycles. The summed E-state index contributed by atoms with van der Waals surface area (Å²) in [4.78, 5) is 24.7. The second kappa shape index (κ2) is 8.42. The normalized spacial score (nSPS) is 16.3. The highest BCUT2D eigenvalue weighted by Crippen LogP contribution is 2.20. The van der Waals surface area contributed by atoms with Gasteiger partial charge in [-0.15, -0.1) is 0 Å². The highest BCUT2D eigenvalue weighted by molar-refractivity contribution is 5.75. The Balaban J connectivity index is 1.74. The number of urea groups is 1. The third kappa shape index (κ3) is 5.04. The van der Waals surface area contributed by atoms with Crippen LogP contribution in [0.1, 0.15) is 19.8 Å². The summed E-state index contributed by atoms with van der Waals surface area (Å²) < 4.78 is 10.9. The molecule has 24 heavy (non-hydrogen) atoms. The molecule has 0 spiro atoms. The number of methoxy groups -OCH3 is 1. The van der Waals surface area contributed by atoms with E-state index in [1.54, 1.807) is 18.1 Å². The summed E-state index contributed by atoms with van der Waals surface area (Å²) in [6.07, 6.45) is 0.801. The molecule has 1 heterocycles. The minimum atomic E-state index is -0.782. The van der Waals surface area contributed by atoms with Crippen molar-refractivity contribution in [2.45, 2.75) is 25.9 Å². The number of hydrogen-bond donors (Lipinski definition) is 2. The van der Waals surface area contributed by atoms with Crippen LogP contribution >= 0.6 is 0 Å². The number of carboxylic acid groups (broad SMARTS) is 1. The van der Waals surface area contributed by atoms with Gasteiger partial charge in [0.1, 0.15) is 17.6 Å². The lowest BCUT2D eigenvalue weighted by molar-refractivity contribution is -0.143. The second-order valence-corrected chi connectivity index (χ2v) is 5.89. The Kier molecular flexibility index (Phi) is 6.28. The first-order valence-corrected chi connectivity index (χ1v) is 8.06. The van der Waals surface area contributed by atoms with Crippen LogP contribution in [-0.2, 0) is 4.79 Å². The molecular formula is C17H24N2O5. The van der Waals surface area contributed by atoms with E-state index in [9.17, 15) is 9.59 Å².